The van der Waals surface area contributed by atoms with Gasteiger partial charge >= 0.3 is 0 Å². The first-order valence-corrected chi connectivity index (χ1v) is 6.42. The van der Waals surface area contributed by atoms with Crippen LogP contribution in [0.2, 0.25) is 0 Å². The van der Waals surface area contributed by atoms with Gasteiger partial charge in [-0.05, 0) is 30.5 Å². The number of carbonyl (C=O) groups excluding carboxylic acids is 2. The number of imide groups is 1. The molecule has 2 amide bonds. The smallest absolute Gasteiger partial charge is 0.229 e. The summed E-state index contributed by atoms with van der Waals surface area (Å²) in [6.45, 7) is 0.298. The number of hydrogen-bond donors (Lipinski definition) is 1. The molecule has 2 rings (SSSR count). The van der Waals surface area contributed by atoms with Crippen LogP contribution in [-0.2, 0) is 22.7 Å². The highest BCUT2D eigenvalue weighted by Crippen LogP contribution is 2.17. The van der Waals surface area contributed by atoms with Gasteiger partial charge in [0, 0.05) is 24.9 Å². The number of benzene rings is 1. The van der Waals surface area contributed by atoms with E-state index in [0.717, 1.165) is 18.4 Å². The van der Waals surface area contributed by atoms with Crippen LogP contribution in [0.1, 0.15) is 36.8 Å². The van der Waals surface area contributed by atoms with Gasteiger partial charge in [-0.2, -0.15) is 0 Å². The summed E-state index contributed by atoms with van der Waals surface area (Å²) >= 11 is 0. The lowest BCUT2D eigenvalue weighted by molar-refractivity contribution is -0.144. The van der Waals surface area contributed by atoms with E-state index in [1.165, 1.54) is 11.0 Å². The van der Waals surface area contributed by atoms with Crippen LogP contribution in [0.5, 0.6) is 0 Å². The van der Waals surface area contributed by atoms with Gasteiger partial charge in [-0.25, -0.2) is 4.39 Å². The molecular weight excluding hydrogens is 247 g/mol. The lowest BCUT2D eigenvalue weighted by Crippen LogP contribution is -2.34. The van der Waals surface area contributed by atoms with Crippen LogP contribution in [0.15, 0.2) is 18.2 Å². The minimum atomic E-state index is -0.361. The summed E-state index contributed by atoms with van der Waals surface area (Å²) in [6, 6.07) is 4.52. The third-order valence-corrected chi connectivity index (χ3v) is 3.30. The van der Waals surface area contributed by atoms with Gasteiger partial charge in [-0.15, -0.1) is 0 Å². The van der Waals surface area contributed by atoms with Gasteiger partial charge in [0.2, 0.25) is 11.8 Å². The monoisotopic (exact) mass is 264 g/mol. The third kappa shape index (κ3) is 3.17. The standard InChI is InChI=1S/C14H17FN2O2/c15-12-6-5-10(7-11(12)8-16)9-17-13(18)3-1-2-4-14(17)19/h5-7H,1-4,8-9,16H2. The van der Waals surface area contributed by atoms with Crippen molar-refractivity contribution in [2.45, 2.75) is 38.8 Å². The molecule has 0 saturated carbocycles. The minimum absolute atomic E-state index is 0.0988. The molecule has 4 nitrogen and oxygen atoms in total. The average Bonchev–Trinajstić information content (AvgIpc) is 2.56. The number of halogens is 1. The molecule has 0 unspecified atom stereocenters. The summed E-state index contributed by atoms with van der Waals surface area (Å²) in [5, 5.41) is 0. The second kappa shape index (κ2) is 5.93. The van der Waals surface area contributed by atoms with Crippen LogP contribution in [-0.4, -0.2) is 16.7 Å². The van der Waals surface area contributed by atoms with E-state index >= 15 is 0 Å². The number of amides is 2. The molecular formula is C14H17FN2O2. The molecule has 0 bridgehead atoms. The van der Waals surface area contributed by atoms with Crippen LogP contribution in [0, 0.1) is 5.82 Å². The summed E-state index contributed by atoms with van der Waals surface area (Å²) in [5.41, 5.74) is 6.57. The van der Waals surface area contributed by atoms with Crippen LogP contribution < -0.4 is 5.73 Å². The average molecular weight is 264 g/mol. The number of hydrogen-bond acceptors (Lipinski definition) is 3. The summed E-state index contributed by atoms with van der Waals surface area (Å²) in [5.74, 6) is -0.665. The SMILES string of the molecule is NCc1cc(CN2C(=O)CCCCC2=O)ccc1F. The van der Waals surface area contributed by atoms with Gasteiger partial charge in [-0.1, -0.05) is 6.07 Å². The Hall–Kier alpha value is -1.75. The van der Waals surface area contributed by atoms with Crippen molar-refractivity contribution in [3.05, 3.63) is 35.1 Å². The maximum absolute atomic E-state index is 13.3. The molecule has 1 aromatic rings. The first-order chi connectivity index (χ1) is 9.11. The number of carbonyl (C=O) groups is 2. The molecule has 0 aromatic heterocycles. The third-order valence-electron chi connectivity index (χ3n) is 3.30. The van der Waals surface area contributed by atoms with Crippen molar-refractivity contribution >= 4 is 11.8 Å². The van der Waals surface area contributed by atoms with Crippen molar-refractivity contribution in [1.82, 2.24) is 4.90 Å². The van der Waals surface area contributed by atoms with Gasteiger partial charge in [0.15, 0.2) is 0 Å². The van der Waals surface area contributed by atoms with Gasteiger partial charge in [-0.3, -0.25) is 14.5 Å². The van der Waals surface area contributed by atoms with E-state index in [4.69, 9.17) is 5.73 Å². The second-order valence-electron chi connectivity index (χ2n) is 4.71. The normalized spacial score (nSPS) is 16.6. The number of nitrogens with zero attached hydrogens (tertiary/aromatic N) is 1. The minimum Gasteiger partial charge on any atom is -0.326 e. The predicted molar refractivity (Wildman–Crippen MR) is 68.3 cm³/mol. The van der Waals surface area contributed by atoms with Crippen LogP contribution in [0.4, 0.5) is 4.39 Å². The maximum atomic E-state index is 13.3. The molecule has 0 atom stereocenters. The Labute approximate surface area is 111 Å². The first kappa shape index (κ1) is 13.7. The molecule has 1 saturated heterocycles. The zero-order valence-electron chi connectivity index (χ0n) is 10.7. The number of likely N-dealkylation sites (tertiary alicyclic amines) is 1. The Kier molecular flexibility index (Phi) is 4.27. The van der Waals surface area contributed by atoms with E-state index in [0.29, 0.717) is 18.4 Å². The highest BCUT2D eigenvalue weighted by atomic mass is 19.1. The predicted octanol–water partition coefficient (Wildman–Crippen LogP) is 1.71. The fraction of sp³-hybridized carbons (Fsp3) is 0.429. The fourth-order valence-electron chi connectivity index (χ4n) is 2.20. The molecule has 0 radical (unpaired) electrons. The number of nitrogens with two attached hydrogens (primary N) is 1. The van der Waals surface area contributed by atoms with Gasteiger partial charge in [0.05, 0.1) is 6.54 Å². The van der Waals surface area contributed by atoms with E-state index in [2.05, 4.69) is 0 Å². The van der Waals surface area contributed by atoms with E-state index in [1.54, 1.807) is 12.1 Å². The first-order valence-electron chi connectivity index (χ1n) is 6.42. The maximum Gasteiger partial charge on any atom is 0.229 e. The van der Waals surface area contributed by atoms with Crippen LogP contribution in [0.25, 0.3) is 0 Å². The van der Waals surface area contributed by atoms with E-state index < -0.39 is 0 Å². The summed E-state index contributed by atoms with van der Waals surface area (Å²) in [7, 11) is 0. The molecule has 1 aromatic carbocycles. The van der Waals surface area contributed by atoms with Crippen molar-refractivity contribution in [2.24, 2.45) is 5.73 Å². The molecule has 1 heterocycles. The molecule has 1 aliphatic heterocycles. The quantitative estimate of drug-likeness (QED) is 0.845. The molecule has 0 aliphatic carbocycles. The Morgan fingerprint density at radius 3 is 2.37 bits per heavy atom. The summed E-state index contributed by atoms with van der Waals surface area (Å²) in [6.07, 6.45) is 2.30. The molecule has 2 N–H and O–H groups in total. The van der Waals surface area contributed by atoms with Crippen LogP contribution >= 0.6 is 0 Å². The fourth-order valence-corrected chi connectivity index (χ4v) is 2.20. The van der Waals surface area contributed by atoms with E-state index in [9.17, 15) is 14.0 Å². The number of rotatable bonds is 3. The van der Waals surface area contributed by atoms with Gasteiger partial charge < -0.3 is 5.73 Å². The molecule has 1 fully saturated rings. The lowest BCUT2D eigenvalue weighted by Gasteiger charge is -2.19. The summed E-state index contributed by atoms with van der Waals surface area (Å²) < 4.78 is 13.3. The van der Waals surface area contributed by atoms with E-state index in [-0.39, 0.29) is 30.7 Å². The van der Waals surface area contributed by atoms with Gasteiger partial charge in [0.1, 0.15) is 5.82 Å². The molecule has 102 valence electrons. The van der Waals surface area contributed by atoms with Crippen LogP contribution in [0.3, 0.4) is 0 Å². The molecule has 1 aliphatic rings. The Morgan fingerprint density at radius 1 is 1.16 bits per heavy atom. The zero-order valence-corrected chi connectivity index (χ0v) is 10.7. The Morgan fingerprint density at radius 2 is 1.79 bits per heavy atom. The van der Waals surface area contributed by atoms with E-state index in [1.807, 2.05) is 0 Å². The summed E-state index contributed by atoms with van der Waals surface area (Å²) in [4.78, 5) is 25.0. The van der Waals surface area contributed by atoms with Crippen molar-refractivity contribution < 1.29 is 14.0 Å². The highest BCUT2D eigenvalue weighted by molar-refractivity contribution is 5.95. The second-order valence-corrected chi connectivity index (χ2v) is 4.71. The largest absolute Gasteiger partial charge is 0.326 e. The molecule has 5 heteroatoms. The Balaban J connectivity index is 2.19. The molecule has 0 spiro atoms. The lowest BCUT2D eigenvalue weighted by atomic mass is 10.1. The topological polar surface area (TPSA) is 63.4 Å². The van der Waals surface area contributed by atoms with Crippen molar-refractivity contribution in [2.75, 3.05) is 0 Å². The van der Waals surface area contributed by atoms with Crippen molar-refractivity contribution in [3.63, 3.8) is 0 Å². The highest BCUT2D eigenvalue weighted by Gasteiger charge is 2.24. The zero-order chi connectivity index (χ0) is 13.8. The van der Waals surface area contributed by atoms with Crippen molar-refractivity contribution in [3.8, 4) is 0 Å². The van der Waals surface area contributed by atoms with Crippen molar-refractivity contribution in [1.29, 1.82) is 0 Å². The Bertz CT molecular complexity index is 484. The molecule has 19 heavy (non-hydrogen) atoms. The van der Waals surface area contributed by atoms with Gasteiger partial charge in [0.25, 0.3) is 0 Å².